The molecule has 1 aromatic heterocycles. The minimum atomic E-state index is -2.86. The van der Waals surface area contributed by atoms with E-state index in [9.17, 15) is 18.4 Å². The highest BCUT2D eigenvalue weighted by atomic mass is 35.5. The van der Waals surface area contributed by atoms with Crippen molar-refractivity contribution in [3.05, 3.63) is 23.7 Å². The van der Waals surface area contributed by atoms with Crippen molar-refractivity contribution in [2.45, 2.75) is 24.9 Å². The first-order valence-corrected chi connectivity index (χ1v) is 5.97. The number of nitrogens with one attached hydrogen (secondary N) is 2. The second-order valence-electron chi connectivity index (χ2n) is 4.47. The van der Waals surface area contributed by atoms with Gasteiger partial charge in [-0.3, -0.25) is 10.1 Å². The fourth-order valence-electron chi connectivity index (χ4n) is 1.88. The van der Waals surface area contributed by atoms with Crippen molar-refractivity contribution in [2.75, 3.05) is 13.7 Å². The Morgan fingerprint density at radius 3 is 2.81 bits per heavy atom. The Balaban J connectivity index is 0.00000220. The van der Waals surface area contributed by atoms with Gasteiger partial charge in [0.2, 0.25) is 11.7 Å². The minimum Gasteiger partial charge on any atom is -0.463 e. The Morgan fingerprint density at radius 2 is 2.24 bits per heavy atom. The van der Waals surface area contributed by atoms with Crippen LogP contribution in [-0.2, 0) is 16.1 Å². The molecule has 0 saturated carbocycles. The first-order valence-electron chi connectivity index (χ1n) is 5.97. The maximum atomic E-state index is 12.9. The molecule has 0 aromatic carbocycles. The average molecular weight is 325 g/mol. The van der Waals surface area contributed by atoms with Gasteiger partial charge in [0.15, 0.2) is 0 Å². The number of esters is 1. The SMILES string of the molecule is COC(=O)c1ccc(CNC(=O)C2CC(F)(F)CN2)o1.Cl. The van der Waals surface area contributed by atoms with Gasteiger partial charge in [-0.15, -0.1) is 12.4 Å². The van der Waals surface area contributed by atoms with Gasteiger partial charge in [-0.05, 0) is 12.1 Å². The molecule has 2 heterocycles. The summed E-state index contributed by atoms with van der Waals surface area (Å²) in [5, 5.41) is 4.92. The number of alkyl halides is 2. The van der Waals surface area contributed by atoms with Crippen LogP contribution in [0.3, 0.4) is 0 Å². The molecule has 1 unspecified atom stereocenters. The van der Waals surface area contributed by atoms with Gasteiger partial charge in [-0.25, -0.2) is 13.6 Å². The largest absolute Gasteiger partial charge is 0.463 e. The standard InChI is InChI=1S/C12H14F2N2O4.ClH/c1-19-11(18)9-3-2-7(20-9)5-15-10(17)8-4-12(13,14)6-16-8;/h2-3,8,16H,4-6H2,1H3,(H,15,17);1H. The Hall–Kier alpha value is -1.67. The lowest BCUT2D eigenvalue weighted by Crippen LogP contribution is -2.39. The summed E-state index contributed by atoms with van der Waals surface area (Å²) in [6.07, 6.45) is -0.523. The highest BCUT2D eigenvalue weighted by Crippen LogP contribution is 2.25. The molecule has 21 heavy (non-hydrogen) atoms. The van der Waals surface area contributed by atoms with Crippen LogP contribution in [0.5, 0.6) is 0 Å². The van der Waals surface area contributed by atoms with Crippen molar-refractivity contribution in [3.63, 3.8) is 0 Å². The van der Waals surface area contributed by atoms with Crippen LogP contribution in [0, 0.1) is 0 Å². The van der Waals surface area contributed by atoms with Crippen LogP contribution >= 0.6 is 12.4 Å². The number of ether oxygens (including phenoxy) is 1. The molecule has 2 rings (SSSR count). The van der Waals surface area contributed by atoms with Crippen LogP contribution in [-0.4, -0.2) is 37.5 Å². The Morgan fingerprint density at radius 1 is 1.52 bits per heavy atom. The lowest BCUT2D eigenvalue weighted by atomic mass is 10.2. The molecule has 2 N–H and O–H groups in total. The molecule has 1 amide bonds. The van der Waals surface area contributed by atoms with Crippen molar-refractivity contribution in [1.82, 2.24) is 10.6 Å². The van der Waals surface area contributed by atoms with E-state index in [1.807, 2.05) is 0 Å². The average Bonchev–Trinajstić information content (AvgIpc) is 3.01. The van der Waals surface area contributed by atoms with E-state index in [-0.39, 0.29) is 24.7 Å². The van der Waals surface area contributed by atoms with Crippen molar-refractivity contribution in [3.8, 4) is 0 Å². The second kappa shape index (κ2) is 6.86. The summed E-state index contributed by atoms with van der Waals surface area (Å²) < 4.78 is 35.5. The lowest BCUT2D eigenvalue weighted by Gasteiger charge is -2.10. The van der Waals surface area contributed by atoms with Crippen LogP contribution in [0.2, 0.25) is 0 Å². The smallest absolute Gasteiger partial charge is 0.373 e. The van der Waals surface area contributed by atoms with Gasteiger partial charge in [-0.2, -0.15) is 0 Å². The first kappa shape index (κ1) is 17.4. The van der Waals surface area contributed by atoms with Crippen molar-refractivity contribution in [1.29, 1.82) is 0 Å². The quantitative estimate of drug-likeness (QED) is 0.811. The summed E-state index contributed by atoms with van der Waals surface area (Å²) in [5.74, 6) is -3.66. The van der Waals surface area contributed by atoms with Gasteiger partial charge in [0.1, 0.15) is 5.76 Å². The summed E-state index contributed by atoms with van der Waals surface area (Å²) in [4.78, 5) is 22.8. The number of furan rings is 1. The third kappa shape index (κ3) is 4.40. The van der Waals surface area contributed by atoms with E-state index in [4.69, 9.17) is 4.42 Å². The van der Waals surface area contributed by atoms with Crippen LogP contribution in [0.25, 0.3) is 0 Å². The molecule has 0 aliphatic carbocycles. The van der Waals surface area contributed by atoms with Gasteiger partial charge in [0, 0.05) is 6.42 Å². The molecule has 1 atom stereocenters. The molecule has 1 saturated heterocycles. The van der Waals surface area contributed by atoms with E-state index >= 15 is 0 Å². The fourth-order valence-corrected chi connectivity index (χ4v) is 1.88. The van der Waals surface area contributed by atoms with E-state index in [0.717, 1.165) is 0 Å². The Labute approximate surface area is 125 Å². The zero-order chi connectivity index (χ0) is 14.8. The lowest BCUT2D eigenvalue weighted by molar-refractivity contribution is -0.123. The number of hydrogen-bond acceptors (Lipinski definition) is 5. The minimum absolute atomic E-state index is 0. The Kier molecular flexibility index (Phi) is 5.68. The van der Waals surface area contributed by atoms with Crippen LogP contribution in [0.1, 0.15) is 22.7 Å². The molecule has 118 valence electrons. The van der Waals surface area contributed by atoms with E-state index in [0.29, 0.717) is 5.76 Å². The molecule has 9 heteroatoms. The Bertz CT molecular complexity index is 521. The van der Waals surface area contributed by atoms with E-state index < -0.39 is 36.8 Å². The van der Waals surface area contributed by atoms with Gasteiger partial charge in [0.25, 0.3) is 5.92 Å². The second-order valence-corrected chi connectivity index (χ2v) is 4.47. The maximum absolute atomic E-state index is 12.9. The monoisotopic (exact) mass is 324 g/mol. The summed E-state index contributed by atoms with van der Waals surface area (Å²) >= 11 is 0. The molecule has 1 aliphatic heterocycles. The summed E-state index contributed by atoms with van der Waals surface area (Å²) in [5.41, 5.74) is 0. The van der Waals surface area contributed by atoms with Crippen molar-refractivity contribution in [2.24, 2.45) is 0 Å². The van der Waals surface area contributed by atoms with E-state index in [1.54, 1.807) is 0 Å². The molecular weight excluding hydrogens is 310 g/mol. The molecular formula is C12H15ClF2N2O4. The molecule has 1 fully saturated rings. The zero-order valence-corrected chi connectivity index (χ0v) is 12.0. The van der Waals surface area contributed by atoms with Crippen LogP contribution in [0.15, 0.2) is 16.5 Å². The van der Waals surface area contributed by atoms with Gasteiger partial charge in [0.05, 0.1) is 26.2 Å². The summed E-state index contributed by atoms with van der Waals surface area (Å²) in [6, 6.07) is 2.00. The molecule has 6 nitrogen and oxygen atoms in total. The fraction of sp³-hybridized carbons (Fsp3) is 0.500. The van der Waals surface area contributed by atoms with Crippen LogP contribution in [0.4, 0.5) is 8.78 Å². The highest BCUT2D eigenvalue weighted by Gasteiger charge is 2.42. The number of amides is 1. The molecule has 0 spiro atoms. The van der Waals surface area contributed by atoms with Gasteiger partial charge in [-0.1, -0.05) is 0 Å². The maximum Gasteiger partial charge on any atom is 0.373 e. The summed E-state index contributed by atoms with van der Waals surface area (Å²) in [6.45, 7) is -0.488. The number of hydrogen-bond donors (Lipinski definition) is 2. The van der Waals surface area contributed by atoms with Gasteiger partial charge >= 0.3 is 5.97 Å². The van der Waals surface area contributed by atoms with Crippen molar-refractivity contribution < 1.29 is 27.5 Å². The highest BCUT2D eigenvalue weighted by molar-refractivity contribution is 5.86. The number of carbonyl (C=O) groups is 2. The first-order chi connectivity index (χ1) is 9.41. The molecule has 1 aromatic rings. The van der Waals surface area contributed by atoms with E-state index in [1.165, 1.54) is 19.2 Å². The van der Waals surface area contributed by atoms with Crippen molar-refractivity contribution >= 4 is 24.3 Å². The number of halogens is 3. The third-order valence-electron chi connectivity index (χ3n) is 2.91. The predicted octanol–water partition coefficient (Wildman–Crippen LogP) is 1.10. The normalized spacial score (nSPS) is 19.7. The number of methoxy groups -OCH3 is 1. The third-order valence-corrected chi connectivity index (χ3v) is 2.91. The summed E-state index contributed by atoms with van der Waals surface area (Å²) in [7, 11) is 1.22. The number of carbonyl (C=O) groups excluding carboxylic acids is 2. The predicted molar refractivity (Wildman–Crippen MR) is 70.5 cm³/mol. The van der Waals surface area contributed by atoms with Crippen LogP contribution < -0.4 is 10.6 Å². The molecule has 0 radical (unpaired) electrons. The number of rotatable bonds is 4. The topological polar surface area (TPSA) is 80.6 Å². The van der Waals surface area contributed by atoms with Gasteiger partial charge < -0.3 is 14.5 Å². The van der Waals surface area contributed by atoms with E-state index in [2.05, 4.69) is 15.4 Å². The zero-order valence-electron chi connectivity index (χ0n) is 11.2. The molecule has 1 aliphatic rings. The molecule has 0 bridgehead atoms.